The highest BCUT2D eigenvalue weighted by Gasteiger charge is 2.47. The van der Waals surface area contributed by atoms with Crippen LogP contribution in [-0.4, -0.2) is 38.2 Å². The Morgan fingerprint density at radius 1 is 1.24 bits per heavy atom. The van der Waals surface area contributed by atoms with Gasteiger partial charge in [0.25, 0.3) is 0 Å². The van der Waals surface area contributed by atoms with Crippen LogP contribution >= 0.6 is 11.3 Å². The van der Waals surface area contributed by atoms with Gasteiger partial charge in [-0.05, 0) is 55.7 Å². The van der Waals surface area contributed by atoms with Crippen LogP contribution in [0.1, 0.15) is 45.0 Å². The number of thiazole rings is 1. The largest absolute Gasteiger partial charge is 0.497 e. The monoisotopic (exact) mass is 482 g/mol. The summed E-state index contributed by atoms with van der Waals surface area (Å²) in [6, 6.07) is 9.22. The van der Waals surface area contributed by atoms with Crippen molar-refractivity contribution >= 4 is 28.9 Å². The first-order valence-corrected chi connectivity index (χ1v) is 12.1. The van der Waals surface area contributed by atoms with Gasteiger partial charge in [-0.15, -0.1) is 11.3 Å². The van der Waals surface area contributed by atoms with Gasteiger partial charge in [0.05, 0.1) is 23.6 Å². The maximum Gasteiger partial charge on any atom is 0.307 e. The van der Waals surface area contributed by atoms with Crippen LogP contribution in [0, 0.1) is 17.3 Å². The number of aliphatic hydroxyl groups is 1. The number of rotatable bonds is 7. The molecule has 180 valence electrons. The van der Waals surface area contributed by atoms with E-state index in [2.05, 4.69) is 20.3 Å². The van der Waals surface area contributed by atoms with Crippen LogP contribution < -0.4 is 10.1 Å². The van der Waals surface area contributed by atoms with E-state index in [0.29, 0.717) is 41.7 Å². The normalized spacial score (nSPS) is 21.4. The number of hydrogen-bond acceptors (Lipinski definition) is 8. The van der Waals surface area contributed by atoms with Crippen molar-refractivity contribution in [2.75, 3.05) is 12.4 Å². The van der Waals surface area contributed by atoms with Crippen molar-refractivity contribution in [3.05, 3.63) is 47.7 Å². The predicted molar refractivity (Wildman–Crippen MR) is 131 cm³/mol. The number of carboxylic acids is 1. The minimum Gasteiger partial charge on any atom is -0.497 e. The molecule has 3 atom stereocenters. The molecule has 0 bridgehead atoms. The molecule has 3 aromatic heterocycles. The molecule has 3 aromatic rings. The second-order valence-electron chi connectivity index (χ2n) is 9.65. The summed E-state index contributed by atoms with van der Waals surface area (Å²) >= 11 is 1.41. The summed E-state index contributed by atoms with van der Waals surface area (Å²) in [6.07, 6.45) is 5.21. The van der Waals surface area contributed by atoms with E-state index in [1.54, 1.807) is 38.6 Å². The summed E-state index contributed by atoms with van der Waals surface area (Å²) < 4.78 is 5.24. The molecule has 1 aliphatic rings. The Kier molecular flexibility index (Phi) is 6.60. The average Bonchev–Trinajstić information content (AvgIpc) is 3.30. The Morgan fingerprint density at radius 3 is 2.74 bits per heavy atom. The predicted octanol–water partition coefficient (Wildman–Crippen LogP) is 5.09. The van der Waals surface area contributed by atoms with E-state index in [9.17, 15) is 15.0 Å². The van der Waals surface area contributed by atoms with Crippen molar-refractivity contribution in [1.29, 1.82) is 0 Å². The quantitative estimate of drug-likeness (QED) is 0.426. The van der Waals surface area contributed by atoms with Crippen LogP contribution in [0.2, 0.25) is 0 Å². The zero-order chi connectivity index (χ0) is 24.5. The van der Waals surface area contributed by atoms with Crippen LogP contribution in [0.4, 0.5) is 11.6 Å². The summed E-state index contributed by atoms with van der Waals surface area (Å²) in [7, 11) is 1.60. The van der Waals surface area contributed by atoms with Crippen LogP contribution in [0.15, 0.2) is 42.7 Å². The third-order valence-electron chi connectivity index (χ3n) is 6.78. The van der Waals surface area contributed by atoms with Gasteiger partial charge in [0.2, 0.25) is 0 Å². The lowest BCUT2D eigenvalue weighted by molar-refractivity contribution is -0.151. The second-order valence-corrected chi connectivity index (χ2v) is 10.7. The fourth-order valence-corrected chi connectivity index (χ4v) is 5.77. The van der Waals surface area contributed by atoms with Crippen molar-refractivity contribution in [1.82, 2.24) is 15.0 Å². The highest BCUT2D eigenvalue weighted by Crippen LogP contribution is 2.50. The number of carboxylic acid groups (broad SMARTS) is 1. The van der Waals surface area contributed by atoms with Gasteiger partial charge in [0.15, 0.2) is 0 Å². The molecule has 34 heavy (non-hydrogen) atoms. The van der Waals surface area contributed by atoms with Gasteiger partial charge >= 0.3 is 5.97 Å². The van der Waals surface area contributed by atoms with E-state index >= 15 is 0 Å². The van der Waals surface area contributed by atoms with Gasteiger partial charge in [0.1, 0.15) is 28.0 Å². The molecule has 1 fully saturated rings. The Bertz CT molecular complexity index is 1180. The number of carbonyl (C=O) groups is 1. The SMILES string of the molecule is COc1ccnc(Nc2cccc(-c3cnc(C(C)(O)[C@H]4CC[C@H](C(=O)O)C(C)(C)C4)s3)n2)c1. The van der Waals surface area contributed by atoms with Crippen LogP contribution in [0.25, 0.3) is 10.6 Å². The number of ether oxygens (including phenoxy) is 1. The van der Waals surface area contributed by atoms with Gasteiger partial charge in [-0.3, -0.25) is 4.79 Å². The lowest BCUT2D eigenvalue weighted by atomic mass is 9.62. The van der Waals surface area contributed by atoms with Gasteiger partial charge in [-0.1, -0.05) is 19.9 Å². The second kappa shape index (κ2) is 9.31. The molecular formula is C25H30N4O4S. The number of anilines is 2. The number of nitrogens with one attached hydrogen (secondary N) is 1. The molecule has 0 amide bonds. The highest BCUT2D eigenvalue weighted by atomic mass is 32.1. The molecule has 1 unspecified atom stereocenters. The Labute approximate surface area is 203 Å². The van der Waals surface area contributed by atoms with Crippen molar-refractivity contribution in [2.45, 2.75) is 45.6 Å². The van der Waals surface area contributed by atoms with Crippen LogP contribution in [0.5, 0.6) is 5.75 Å². The lowest BCUT2D eigenvalue weighted by Gasteiger charge is -2.44. The van der Waals surface area contributed by atoms with Crippen molar-refractivity contribution < 1.29 is 19.7 Å². The standard InChI is InChI=1S/C25H30N4O4S/c1-24(2)13-15(8-9-17(24)22(30)31)25(3,32)23-27-14-19(34-23)18-6-5-7-20(28-18)29-21-12-16(33-4)10-11-26-21/h5-7,10-12,14-15,17,32H,8-9,13H2,1-4H3,(H,30,31)(H,26,28,29)/t15-,17+,25?/m0/s1. The summed E-state index contributed by atoms with van der Waals surface area (Å²) in [4.78, 5) is 26.0. The summed E-state index contributed by atoms with van der Waals surface area (Å²) in [5.41, 5.74) is -0.805. The Morgan fingerprint density at radius 2 is 2.03 bits per heavy atom. The van der Waals surface area contributed by atoms with E-state index in [0.717, 1.165) is 10.6 Å². The molecule has 0 radical (unpaired) electrons. The third-order valence-corrected chi connectivity index (χ3v) is 8.02. The Hall–Kier alpha value is -3.04. The number of aliphatic carboxylic acids is 1. The van der Waals surface area contributed by atoms with Gasteiger partial charge in [-0.25, -0.2) is 15.0 Å². The topological polar surface area (TPSA) is 117 Å². The maximum absolute atomic E-state index is 11.6. The van der Waals surface area contributed by atoms with Crippen molar-refractivity contribution in [2.24, 2.45) is 17.3 Å². The fourth-order valence-electron chi connectivity index (χ4n) is 4.76. The highest BCUT2D eigenvalue weighted by molar-refractivity contribution is 7.15. The average molecular weight is 483 g/mol. The van der Waals surface area contributed by atoms with Crippen molar-refractivity contribution in [3.8, 4) is 16.3 Å². The van der Waals surface area contributed by atoms with Gasteiger partial charge in [0, 0.05) is 18.5 Å². The first kappa shape index (κ1) is 24.1. The van der Waals surface area contributed by atoms with E-state index < -0.39 is 22.9 Å². The fraction of sp³-hybridized carbons (Fsp3) is 0.440. The molecule has 0 spiro atoms. The molecule has 3 N–H and O–H groups in total. The zero-order valence-electron chi connectivity index (χ0n) is 19.8. The third kappa shape index (κ3) is 4.90. The molecule has 0 aliphatic heterocycles. The number of nitrogens with zero attached hydrogens (tertiary/aromatic N) is 3. The molecule has 0 saturated heterocycles. The molecular weight excluding hydrogens is 452 g/mol. The lowest BCUT2D eigenvalue weighted by Crippen LogP contribution is -2.43. The summed E-state index contributed by atoms with van der Waals surface area (Å²) in [5, 5.41) is 24.8. The Balaban J connectivity index is 1.53. The minimum atomic E-state index is -1.15. The number of aromatic nitrogens is 3. The molecule has 4 rings (SSSR count). The molecule has 1 aliphatic carbocycles. The molecule has 0 aromatic carbocycles. The summed E-state index contributed by atoms with van der Waals surface area (Å²) in [6.45, 7) is 5.74. The maximum atomic E-state index is 11.6. The van der Waals surface area contributed by atoms with Crippen LogP contribution in [-0.2, 0) is 10.4 Å². The summed E-state index contributed by atoms with van der Waals surface area (Å²) in [5.74, 6) is 0.721. The van der Waals surface area contributed by atoms with Crippen LogP contribution in [0.3, 0.4) is 0 Å². The molecule has 9 heteroatoms. The number of pyridine rings is 2. The first-order chi connectivity index (χ1) is 16.1. The minimum absolute atomic E-state index is 0.0720. The molecule has 1 saturated carbocycles. The smallest absolute Gasteiger partial charge is 0.307 e. The van der Waals surface area contributed by atoms with Crippen molar-refractivity contribution in [3.63, 3.8) is 0 Å². The van der Waals surface area contributed by atoms with Gasteiger partial charge in [-0.2, -0.15) is 0 Å². The van der Waals surface area contributed by atoms with E-state index in [-0.39, 0.29) is 5.92 Å². The number of methoxy groups -OCH3 is 1. The van der Waals surface area contributed by atoms with E-state index in [1.807, 2.05) is 32.0 Å². The van der Waals surface area contributed by atoms with Gasteiger partial charge < -0.3 is 20.3 Å². The first-order valence-electron chi connectivity index (χ1n) is 11.3. The number of hydrogen-bond donors (Lipinski definition) is 3. The molecule has 3 heterocycles. The molecule has 8 nitrogen and oxygen atoms in total. The van der Waals surface area contributed by atoms with E-state index in [1.165, 1.54) is 11.3 Å². The zero-order valence-corrected chi connectivity index (χ0v) is 20.6. The van der Waals surface area contributed by atoms with E-state index in [4.69, 9.17) is 4.74 Å².